The minimum Gasteiger partial charge on any atom is -0.311 e. The summed E-state index contributed by atoms with van der Waals surface area (Å²) in [5.41, 5.74) is 1.75. The van der Waals surface area contributed by atoms with E-state index in [9.17, 15) is 13.2 Å². The van der Waals surface area contributed by atoms with Crippen LogP contribution in [-0.4, -0.2) is 38.5 Å². The molecule has 0 saturated carbocycles. The highest BCUT2D eigenvalue weighted by molar-refractivity contribution is 7.90. The topological polar surface area (TPSA) is 76.1 Å². The Hall–Kier alpha value is -2.05. The van der Waals surface area contributed by atoms with Crippen molar-refractivity contribution in [3.05, 3.63) is 48.7 Å². The lowest BCUT2D eigenvalue weighted by Crippen LogP contribution is -2.31. The standard InChI is InChI=1S/C12H11NO2S.C6H13NO/c1-16(14,15)11-7-5-10(6-8-11)12-4-2-3-9-13-12;1-4-6(7-3)5(2)8/h2-9H,1H3;6-7H,4H2,1-3H3/t;6-/m.0/s1. The maximum Gasteiger partial charge on any atom is 0.175 e. The number of aromatic nitrogens is 1. The van der Waals surface area contributed by atoms with E-state index in [2.05, 4.69) is 10.3 Å². The van der Waals surface area contributed by atoms with Crippen LogP contribution in [0.15, 0.2) is 53.6 Å². The monoisotopic (exact) mass is 348 g/mol. The number of pyridine rings is 1. The Morgan fingerprint density at radius 1 is 1.17 bits per heavy atom. The van der Waals surface area contributed by atoms with Gasteiger partial charge in [-0.05, 0) is 44.7 Å². The van der Waals surface area contributed by atoms with Gasteiger partial charge in [0.05, 0.1) is 16.6 Å². The zero-order valence-electron chi connectivity index (χ0n) is 14.5. The number of hydrogen-bond acceptors (Lipinski definition) is 5. The lowest BCUT2D eigenvalue weighted by atomic mass is 10.1. The molecule has 0 aliphatic rings. The van der Waals surface area contributed by atoms with E-state index in [4.69, 9.17) is 0 Å². The summed E-state index contributed by atoms with van der Waals surface area (Å²) >= 11 is 0. The number of nitrogens with one attached hydrogen (secondary N) is 1. The number of carbonyl (C=O) groups excluding carboxylic acids is 1. The Morgan fingerprint density at radius 3 is 2.12 bits per heavy atom. The minimum absolute atomic E-state index is 0.0648. The average molecular weight is 348 g/mol. The Balaban J connectivity index is 0.000000307. The SMILES string of the molecule is CC[C@H](NC)C(C)=O.CS(=O)(=O)c1ccc(-c2ccccn2)cc1. The highest BCUT2D eigenvalue weighted by atomic mass is 32.2. The van der Waals surface area contributed by atoms with Crippen LogP contribution in [0, 0.1) is 0 Å². The molecule has 6 heteroatoms. The first-order valence-corrected chi connectivity index (χ1v) is 9.58. The highest BCUT2D eigenvalue weighted by Gasteiger charge is 2.07. The van der Waals surface area contributed by atoms with Gasteiger partial charge in [0.2, 0.25) is 0 Å². The molecule has 0 amide bonds. The lowest BCUT2D eigenvalue weighted by molar-refractivity contribution is -0.118. The van der Waals surface area contributed by atoms with Crippen LogP contribution in [0.5, 0.6) is 0 Å². The third-order valence-electron chi connectivity index (χ3n) is 3.49. The number of likely N-dealkylation sites (N-methyl/N-ethyl adjacent to an activating group) is 1. The molecule has 0 radical (unpaired) electrons. The highest BCUT2D eigenvalue weighted by Crippen LogP contribution is 2.18. The van der Waals surface area contributed by atoms with E-state index in [1.54, 1.807) is 44.4 Å². The maximum absolute atomic E-state index is 11.3. The van der Waals surface area contributed by atoms with Crippen molar-refractivity contribution in [1.82, 2.24) is 10.3 Å². The van der Waals surface area contributed by atoms with Gasteiger partial charge in [-0.15, -0.1) is 0 Å². The molecular formula is C18H24N2O3S. The summed E-state index contributed by atoms with van der Waals surface area (Å²) in [7, 11) is -1.32. The van der Waals surface area contributed by atoms with E-state index in [1.165, 1.54) is 6.26 Å². The van der Waals surface area contributed by atoms with E-state index in [0.29, 0.717) is 4.90 Å². The summed E-state index contributed by atoms with van der Waals surface area (Å²) in [5.74, 6) is 0.218. The summed E-state index contributed by atoms with van der Waals surface area (Å²) in [6.07, 6.45) is 3.79. The normalized spacial score (nSPS) is 12.0. The number of sulfone groups is 1. The molecule has 5 nitrogen and oxygen atoms in total. The zero-order valence-corrected chi connectivity index (χ0v) is 15.3. The van der Waals surface area contributed by atoms with Crippen molar-refractivity contribution in [2.75, 3.05) is 13.3 Å². The number of Topliss-reactive ketones (excluding diaryl/α,β-unsaturated/α-hetero) is 1. The van der Waals surface area contributed by atoms with Crippen molar-refractivity contribution in [3.8, 4) is 11.3 Å². The molecule has 1 heterocycles. The van der Waals surface area contributed by atoms with E-state index in [-0.39, 0.29) is 11.8 Å². The molecule has 0 fully saturated rings. The molecule has 2 aromatic rings. The fraction of sp³-hybridized carbons (Fsp3) is 0.333. The van der Waals surface area contributed by atoms with E-state index < -0.39 is 9.84 Å². The quantitative estimate of drug-likeness (QED) is 0.899. The molecule has 1 N–H and O–H groups in total. The molecule has 0 aliphatic heterocycles. The van der Waals surface area contributed by atoms with Crippen molar-refractivity contribution in [1.29, 1.82) is 0 Å². The van der Waals surface area contributed by atoms with Crippen molar-refractivity contribution >= 4 is 15.6 Å². The number of hydrogen-bond donors (Lipinski definition) is 1. The molecule has 0 spiro atoms. The van der Waals surface area contributed by atoms with Crippen LogP contribution in [0.1, 0.15) is 20.3 Å². The lowest BCUT2D eigenvalue weighted by Gasteiger charge is -2.07. The van der Waals surface area contributed by atoms with Gasteiger partial charge >= 0.3 is 0 Å². The smallest absolute Gasteiger partial charge is 0.175 e. The van der Waals surface area contributed by atoms with Gasteiger partial charge in [0, 0.05) is 18.0 Å². The first kappa shape index (κ1) is 20.0. The first-order chi connectivity index (χ1) is 11.3. The Kier molecular flexibility index (Phi) is 7.74. The van der Waals surface area contributed by atoms with Crippen molar-refractivity contribution in [2.24, 2.45) is 0 Å². The molecule has 0 unspecified atom stereocenters. The van der Waals surface area contributed by atoms with Gasteiger partial charge in [0.25, 0.3) is 0 Å². The second-order valence-electron chi connectivity index (χ2n) is 5.37. The number of nitrogens with zero attached hydrogens (tertiary/aromatic N) is 1. The van der Waals surface area contributed by atoms with Gasteiger partial charge in [-0.25, -0.2) is 8.42 Å². The molecule has 1 atom stereocenters. The summed E-state index contributed by atoms with van der Waals surface area (Å²) < 4.78 is 22.5. The third-order valence-corrected chi connectivity index (χ3v) is 4.62. The predicted molar refractivity (Wildman–Crippen MR) is 96.6 cm³/mol. The van der Waals surface area contributed by atoms with E-state index >= 15 is 0 Å². The molecule has 2 rings (SSSR count). The van der Waals surface area contributed by atoms with Gasteiger partial charge in [-0.1, -0.05) is 25.1 Å². The molecule has 1 aromatic heterocycles. The number of ketones is 1. The van der Waals surface area contributed by atoms with Gasteiger partial charge in [-0.3, -0.25) is 9.78 Å². The number of rotatable bonds is 5. The fourth-order valence-corrected chi connectivity index (χ4v) is 2.73. The Labute approximate surface area is 144 Å². The van der Waals surface area contributed by atoms with Crippen LogP contribution in [0.4, 0.5) is 0 Å². The van der Waals surface area contributed by atoms with Crippen LogP contribution >= 0.6 is 0 Å². The fourth-order valence-electron chi connectivity index (χ4n) is 2.10. The Bertz CT molecular complexity index is 738. The van der Waals surface area contributed by atoms with Crippen LogP contribution in [0.3, 0.4) is 0 Å². The third kappa shape index (κ3) is 6.22. The Morgan fingerprint density at radius 2 is 1.79 bits per heavy atom. The van der Waals surface area contributed by atoms with Gasteiger partial charge < -0.3 is 5.32 Å². The summed E-state index contributed by atoms with van der Waals surface area (Å²) in [6.45, 7) is 3.59. The second kappa shape index (κ2) is 9.30. The van der Waals surface area contributed by atoms with Gasteiger partial charge in [0.1, 0.15) is 5.78 Å². The first-order valence-electron chi connectivity index (χ1n) is 7.68. The summed E-state index contributed by atoms with van der Waals surface area (Å²) in [6, 6.07) is 12.4. The number of carbonyl (C=O) groups is 1. The van der Waals surface area contributed by atoms with Crippen molar-refractivity contribution in [3.63, 3.8) is 0 Å². The maximum atomic E-state index is 11.3. The molecule has 24 heavy (non-hydrogen) atoms. The summed E-state index contributed by atoms with van der Waals surface area (Å²) in [4.78, 5) is 15.1. The van der Waals surface area contributed by atoms with Crippen molar-refractivity contribution in [2.45, 2.75) is 31.2 Å². The van der Waals surface area contributed by atoms with E-state index in [1.807, 2.05) is 25.1 Å². The largest absolute Gasteiger partial charge is 0.311 e. The molecule has 0 bridgehead atoms. The van der Waals surface area contributed by atoms with Crippen LogP contribution in [0.2, 0.25) is 0 Å². The molecule has 1 aromatic carbocycles. The number of benzene rings is 1. The van der Waals surface area contributed by atoms with Crippen LogP contribution in [-0.2, 0) is 14.6 Å². The van der Waals surface area contributed by atoms with Gasteiger partial charge in [0.15, 0.2) is 9.84 Å². The molecular weight excluding hydrogens is 324 g/mol. The van der Waals surface area contributed by atoms with Gasteiger partial charge in [-0.2, -0.15) is 0 Å². The molecule has 130 valence electrons. The predicted octanol–water partition coefficient (Wildman–Crippen LogP) is 2.73. The zero-order chi connectivity index (χ0) is 18.2. The summed E-state index contributed by atoms with van der Waals surface area (Å²) in [5, 5.41) is 2.90. The minimum atomic E-state index is -3.12. The molecule has 0 saturated heterocycles. The van der Waals surface area contributed by atoms with Crippen LogP contribution in [0.25, 0.3) is 11.3 Å². The van der Waals surface area contributed by atoms with E-state index in [0.717, 1.165) is 17.7 Å². The molecule has 0 aliphatic carbocycles. The van der Waals surface area contributed by atoms with Crippen molar-refractivity contribution < 1.29 is 13.2 Å². The average Bonchev–Trinajstić information content (AvgIpc) is 2.56. The second-order valence-corrected chi connectivity index (χ2v) is 7.39. The van der Waals surface area contributed by atoms with Crippen LogP contribution < -0.4 is 5.32 Å².